The van der Waals surface area contributed by atoms with Gasteiger partial charge in [0.1, 0.15) is 5.75 Å². The lowest BCUT2D eigenvalue weighted by Crippen LogP contribution is -2.03. The fraction of sp³-hybridized carbons (Fsp3) is 0.133. The summed E-state index contributed by atoms with van der Waals surface area (Å²) in [4.78, 5) is 12.4. The summed E-state index contributed by atoms with van der Waals surface area (Å²) in [7, 11) is 0. The second-order valence-corrected chi connectivity index (χ2v) is 5.20. The lowest BCUT2D eigenvalue weighted by molar-refractivity contribution is 0.103. The summed E-state index contributed by atoms with van der Waals surface area (Å²) in [6, 6.07) is 12.3. The predicted octanol–water partition coefficient (Wildman–Crippen LogP) is 4.73. The molecule has 0 fully saturated rings. The van der Waals surface area contributed by atoms with Crippen molar-refractivity contribution in [2.24, 2.45) is 0 Å². The maximum absolute atomic E-state index is 12.4. The van der Waals surface area contributed by atoms with E-state index in [2.05, 4.69) is 15.9 Å². The van der Waals surface area contributed by atoms with Gasteiger partial charge in [0.15, 0.2) is 5.78 Å². The van der Waals surface area contributed by atoms with Gasteiger partial charge in [0.25, 0.3) is 0 Å². The minimum Gasteiger partial charge on any atom is -0.494 e. The van der Waals surface area contributed by atoms with Crippen molar-refractivity contribution in [3.8, 4) is 5.75 Å². The molecule has 0 saturated carbocycles. The van der Waals surface area contributed by atoms with E-state index in [-0.39, 0.29) is 5.78 Å². The molecule has 0 N–H and O–H groups in total. The maximum atomic E-state index is 12.4. The molecule has 2 aromatic rings. The Morgan fingerprint density at radius 2 is 2.05 bits per heavy atom. The highest BCUT2D eigenvalue weighted by atomic mass is 79.9. The van der Waals surface area contributed by atoms with Gasteiger partial charge in [-0.3, -0.25) is 4.79 Å². The summed E-state index contributed by atoms with van der Waals surface area (Å²) < 4.78 is 6.12. The molecule has 0 aromatic heterocycles. The summed E-state index contributed by atoms with van der Waals surface area (Å²) >= 11 is 9.30. The van der Waals surface area contributed by atoms with Gasteiger partial charge >= 0.3 is 0 Å². The van der Waals surface area contributed by atoms with Crippen molar-refractivity contribution in [2.75, 3.05) is 6.61 Å². The summed E-state index contributed by atoms with van der Waals surface area (Å²) in [6.07, 6.45) is 0. The van der Waals surface area contributed by atoms with Crippen LogP contribution in [0.15, 0.2) is 46.9 Å². The number of ketones is 1. The zero-order valence-corrected chi connectivity index (χ0v) is 12.7. The van der Waals surface area contributed by atoms with Crippen LogP contribution in [0.25, 0.3) is 0 Å². The highest BCUT2D eigenvalue weighted by Crippen LogP contribution is 2.25. The number of rotatable bonds is 4. The van der Waals surface area contributed by atoms with Gasteiger partial charge in [-0.05, 0) is 37.3 Å². The zero-order valence-electron chi connectivity index (χ0n) is 10.3. The van der Waals surface area contributed by atoms with E-state index >= 15 is 0 Å². The molecule has 2 nitrogen and oxygen atoms in total. The normalized spacial score (nSPS) is 10.3. The molecule has 0 bridgehead atoms. The quantitative estimate of drug-likeness (QED) is 0.753. The van der Waals surface area contributed by atoms with Gasteiger partial charge in [-0.1, -0.05) is 39.7 Å². The molecule has 0 atom stereocenters. The number of halogens is 2. The van der Waals surface area contributed by atoms with Crippen molar-refractivity contribution >= 4 is 33.3 Å². The molecule has 0 aliphatic rings. The SMILES string of the molecule is CCOc1cccc(C(=O)c2cc(Cl)ccc2Br)c1. The fourth-order valence-electron chi connectivity index (χ4n) is 1.72. The largest absolute Gasteiger partial charge is 0.494 e. The van der Waals surface area contributed by atoms with Gasteiger partial charge in [0.2, 0.25) is 0 Å². The average molecular weight is 340 g/mol. The molecule has 0 radical (unpaired) electrons. The van der Waals surface area contributed by atoms with Crippen LogP contribution in [0.4, 0.5) is 0 Å². The van der Waals surface area contributed by atoms with Crippen molar-refractivity contribution < 1.29 is 9.53 Å². The van der Waals surface area contributed by atoms with E-state index in [1.807, 2.05) is 13.0 Å². The Labute approximate surface area is 125 Å². The summed E-state index contributed by atoms with van der Waals surface area (Å²) in [6.45, 7) is 2.47. The molecule has 98 valence electrons. The second kappa shape index (κ2) is 6.22. The maximum Gasteiger partial charge on any atom is 0.194 e. The van der Waals surface area contributed by atoms with Crippen LogP contribution >= 0.6 is 27.5 Å². The monoisotopic (exact) mass is 338 g/mol. The Bertz CT molecular complexity index is 611. The molecule has 0 spiro atoms. The Balaban J connectivity index is 2.38. The van der Waals surface area contributed by atoms with Crippen LogP contribution in [0.5, 0.6) is 5.75 Å². The minimum atomic E-state index is -0.0871. The van der Waals surface area contributed by atoms with E-state index < -0.39 is 0 Å². The van der Waals surface area contributed by atoms with E-state index in [0.717, 1.165) is 4.47 Å². The van der Waals surface area contributed by atoms with Crippen LogP contribution in [0.3, 0.4) is 0 Å². The molecule has 2 aromatic carbocycles. The third kappa shape index (κ3) is 3.37. The van der Waals surface area contributed by atoms with E-state index in [9.17, 15) is 4.79 Å². The van der Waals surface area contributed by atoms with Crippen molar-refractivity contribution in [1.82, 2.24) is 0 Å². The van der Waals surface area contributed by atoms with E-state index in [0.29, 0.717) is 28.5 Å². The number of hydrogen-bond donors (Lipinski definition) is 0. The Morgan fingerprint density at radius 3 is 2.79 bits per heavy atom. The minimum absolute atomic E-state index is 0.0871. The van der Waals surface area contributed by atoms with Crippen molar-refractivity contribution in [2.45, 2.75) is 6.92 Å². The third-order valence-electron chi connectivity index (χ3n) is 2.58. The van der Waals surface area contributed by atoms with E-state index in [1.54, 1.807) is 36.4 Å². The third-order valence-corrected chi connectivity index (χ3v) is 3.51. The smallest absolute Gasteiger partial charge is 0.194 e. The fourth-order valence-corrected chi connectivity index (χ4v) is 2.32. The van der Waals surface area contributed by atoms with Crippen LogP contribution < -0.4 is 4.74 Å². The van der Waals surface area contributed by atoms with Gasteiger partial charge in [-0.25, -0.2) is 0 Å². The van der Waals surface area contributed by atoms with Crippen LogP contribution in [0.1, 0.15) is 22.8 Å². The predicted molar refractivity (Wildman–Crippen MR) is 80.2 cm³/mol. The lowest BCUT2D eigenvalue weighted by Gasteiger charge is -2.07. The Hall–Kier alpha value is -1.32. The van der Waals surface area contributed by atoms with Gasteiger partial charge in [0.05, 0.1) is 6.61 Å². The van der Waals surface area contributed by atoms with Gasteiger partial charge in [0, 0.05) is 20.6 Å². The number of benzene rings is 2. The zero-order chi connectivity index (χ0) is 13.8. The summed E-state index contributed by atoms with van der Waals surface area (Å²) in [5.74, 6) is 0.599. The van der Waals surface area contributed by atoms with Crippen LogP contribution in [-0.2, 0) is 0 Å². The van der Waals surface area contributed by atoms with E-state index in [4.69, 9.17) is 16.3 Å². The van der Waals surface area contributed by atoms with Crippen molar-refractivity contribution in [3.63, 3.8) is 0 Å². The molecule has 0 amide bonds. The Kier molecular flexibility index (Phi) is 4.61. The highest BCUT2D eigenvalue weighted by molar-refractivity contribution is 9.10. The molecular formula is C15H12BrClO2. The average Bonchev–Trinajstić information content (AvgIpc) is 2.41. The molecule has 0 heterocycles. The number of carbonyl (C=O) groups excluding carboxylic acids is 1. The molecular weight excluding hydrogens is 328 g/mol. The number of hydrogen-bond acceptors (Lipinski definition) is 2. The number of carbonyl (C=O) groups is 1. The topological polar surface area (TPSA) is 26.3 Å². The molecule has 0 aliphatic carbocycles. The summed E-state index contributed by atoms with van der Waals surface area (Å²) in [5, 5.41) is 0.535. The van der Waals surface area contributed by atoms with E-state index in [1.165, 1.54) is 0 Å². The van der Waals surface area contributed by atoms with Crippen LogP contribution in [0, 0.1) is 0 Å². The van der Waals surface area contributed by atoms with Crippen LogP contribution in [0.2, 0.25) is 5.02 Å². The molecule has 0 aliphatic heterocycles. The molecule has 0 saturated heterocycles. The van der Waals surface area contributed by atoms with Gasteiger partial charge in [-0.15, -0.1) is 0 Å². The first-order chi connectivity index (χ1) is 9.11. The molecule has 0 unspecified atom stereocenters. The standard InChI is InChI=1S/C15H12BrClO2/c1-2-19-12-5-3-4-10(8-12)15(18)13-9-11(17)6-7-14(13)16/h3-9H,2H2,1H3. The highest BCUT2D eigenvalue weighted by Gasteiger charge is 2.13. The van der Waals surface area contributed by atoms with Crippen molar-refractivity contribution in [1.29, 1.82) is 0 Å². The summed E-state index contributed by atoms with van der Waals surface area (Å²) in [5.41, 5.74) is 1.12. The Morgan fingerprint density at radius 1 is 1.26 bits per heavy atom. The molecule has 19 heavy (non-hydrogen) atoms. The lowest BCUT2D eigenvalue weighted by atomic mass is 10.0. The number of ether oxygens (including phenoxy) is 1. The molecule has 2 rings (SSSR count). The molecule has 4 heteroatoms. The van der Waals surface area contributed by atoms with Gasteiger partial charge in [-0.2, -0.15) is 0 Å². The first kappa shape index (κ1) is 14.1. The van der Waals surface area contributed by atoms with Crippen LogP contribution in [-0.4, -0.2) is 12.4 Å². The first-order valence-corrected chi connectivity index (χ1v) is 7.01. The van der Waals surface area contributed by atoms with Gasteiger partial charge < -0.3 is 4.74 Å². The van der Waals surface area contributed by atoms with Crippen molar-refractivity contribution in [3.05, 3.63) is 63.1 Å². The second-order valence-electron chi connectivity index (χ2n) is 3.91. The first-order valence-electron chi connectivity index (χ1n) is 5.84.